The third kappa shape index (κ3) is 3.11. The van der Waals surface area contributed by atoms with Crippen molar-refractivity contribution in [2.45, 2.75) is 0 Å². The molecular formula is C18H12ClN3OS2. The molecule has 4 nitrogen and oxygen atoms in total. The van der Waals surface area contributed by atoms with Gasteiger partial charge in [0.05, 0.1) is 0 Å². The number of nitrogen functional groups attached to an aromatic ring is 1. The number of anilines is 2. The first-order valence-electron chi connectivity index (χ1n) is 7.43. The molecule has 0 bridgehead atoms. The number of nitrogens with two attached hydrogens (primary N) is 1. The van der Waals surface area contributed by atoms with Crippen molar-refractivity contribution in [2.75, 3.05) is 11.1 Å². The van der Waals surface area contributed by atoms with Gasteiger partial charge in [0.25, 0.3) is 5.91 Å². The van der Waals surface area contributed by atoms with Gasteiger partial charge >= 0.3 is 0 Å². The fourth-order valence-electron chi connectivity index (χ4n) is 2.47. The maximum absolute atomic E-state index is 12.2. The SMILES string of the molecule is Nc1snc(C(=O)Nc2ccc(-c3cc4ccccc4s3)cc2)c1Cl. The number of amides is 1. The van der Waals surface area contributed by atoms with Crippen LogP contribution in [0.4, 0.5) is 10.7 Å². The number of fused-ring (bicyclic) bond motifs is 1. The molecule has 2 aromatic heterocycles. The van der Waals surface area contributed by atoms with E-state index in [1.54, 1.807) is 11.3 Å². The van der Waals surface area contributed by atoms with Gasteiger partial charge in [-0.25, -0.2) is 0 Å². The van der Waals surface area contributed by atoms with Gasteiger partial charge in [0.1, 0.15) is 10.0 Å². The summed E-state index contributed by atoms with van der Waals surface area (Å²) in [6, 6.07) is 18.2. The number of nitrogens with one attached hydrogen (secondary N) is 1. The van der Waals surface area contributed by atoms with E-state index >= 15 is 0 Å². The molecule has 25 heavy (non-hydrogen) atoms. The molecule has 0 radical (unpaired) electrons. The van der Waals surface area contributed by atoms with Gasteiger partial charge in [-0.2, -0.15) is 4.37 Å². The molecule has 0 unspecified atom stereocenters. The van der Waals surface area contributed by atoms with E-state index in [0.717, 1.165) is 17.1 Å². The molecule has 3 N–H and O–H groups in total. The first-order valence-corrected chi connectivity index (χ1v) is 9.39. The zero-order chi connectivity index (χ0) is 17.4. The lowest BCUT2D eigenvalue weighted by Gasteiger charge is -2.05. The van der Waals surface area contributed by atoms with Crippen molar-refractivity contribution in [1.29, 1.82) is 0 Å². The summed E-state index contributed by atoms with van der Waals surface area (Å²) < 4.78 is 5.23. The smallest absolute Gasteiger partial charge is 0.277 e. The summed E-state index contributed by atoms with van der Waals surface area (Å²) in [5.74, 6) is -0.368. The predicted molar refractivity (Wildman–Crippen MR) is 107 cm³/mol. The third-order valence-corrected chi connectivity index (χ3v) is 6.06. The van der Waals surface area contributed by atoms with E-state index in [4.69, 9.17) is 17.3 Å². The summed E-state index contributed by atoms with van der Waals surface area (Å²) in [6.07, 6.45) is 0. The molecule has 2 heterocycles. The Hall–Kier alpha value is -2.41. The highest BCUT2D eigenvalue weighted by Crippen LogP contribution is 2.34. The Morgan fingerprint density at radius 2 is 1.88 bits per heavy atom. The highest BCUT2D eigenvalue weighted by atomic mass is 35.5. The van der Waals surface area contributed by atoms with Crippen molar-refractivity contribution in [3.8, 4) is 10.4 Å². The van der Waals surface area contributed by atoms with E-state index in [-0.39, 0.29) is 16.6 Å². The van der Waals surface area contributed by atoms with Crippen LogP contribution in [0.25, 0.3) is 20.5 Å². The van der Waals surface area contributed by atoms with E-state index in [2.05, 4.69) is 27.9 Å². The second-order valence-electron chi connectivity index (χ2n) is 5.39. The molecule has 0 fully saturated rings. The Morgan fingerprint density at radius 1 is 1.12 bits per heavy atom. The number of hydrogen-bond acceptors (Lipinski definition) is 5. The van der Waals surface area contributed by atoms with E-state index in [9.17, 15) is 4.79 Å². The molecule has 0 spiro atoms. The minimum atomic E-state index is -0.368. The minimum absolute atomic E-state index is 0.151. The molecule has 1 amide bonds. The largest absolute Gasteiger partial charge is 0.388 e. The van der Waals surface area contributed by atoms with Crippen LogP contribution in [0.3, 0.4) is 0 Å². The number of aromatic nitrogens is 1. The second-order valence-corrected chi connectivity index (χ2v) is 7.66. The maximum Gasteiger partial charge on any atom is 0.277 e. The van der Waals surface area contributed by atoms with Gasteiger partial charge in [-0.15, -0.1) is 11.3 Å². The van der Waals surface area contributed by atoms with E-state index in [1.807, 2.05) is 36.4 Å². The summed E-state index contributed by atoms with van der Waals surface area (Å²) in [6.45, 7) is 0. The number of nitrogens with zero attached hydrogens (tertiary/aromatic N) is 1. The molecule has 124 valence electrons. The van der Waals surface area contributed by atoms with Crippen LogP contribution in [0.5, 0.6) is 0 Å². The third-order valence-electron chi connectivity index (χ3n) is 3.73. The van der Waals surface area contributed by atoms with Crippen LogP contribution in [0.1, 0.15) is 10.5 Å². The molecular weight excluding hydrogens is 374 g/mol. The van der Waals surface area contributed by atoms with Crippen molar-refractivity contribution in [3.05, 3.63) is 65.3 Å². The van der Waals surface area contributed by atoms with Crippen molar-refractivity contribution in [3.63, 3.8) is 0 Å². The predicted octanol–water partition coefficient (Wildman–Crippen LogP) is 5.51. The Bertz CT molecular complexity index is 1040. The summed E-state index contributed by atoms with van der Waals surface area (Å²) in [5, 5.41) is 4.56. The fourth-order valence-corrected chi connectivity index (χ4v) is 4.36. The Kier molecular flexibility index (Phi) is 4.17. The first-order chi connectivity index (χ1) is 12.1. The van der Waals surface area contributed by atoms with Gasteiger partial charge in [-0.3, -0.25) is 4.79 Å². The molecule has 0 aliphatic rings. The van der Waals surface area contributed by atoms with Gasteiger partial charge in [0.15, 0.2) is 5.69 Å². The van der Waals surface area contributed by atoms with Crippen molar-refractivity contribution >= 4 is 61.2 Å². The number of rotatable bonds is 3. The Labute approximate surface area is 157 Å². The zero-order valence-corrected chi connectivity index (χ0v) is 15.2. The van der Waals surface area contributed by atoms with Gasteiger partial charge in [-0.05, 0) is 46.7 Å². The number of hydrogen-bond donors (Lipinski definition) is 2. The Balaban J connectivity index is 1.55. The van der Waals surface area contributed by atoms with Gasteiger partial charge < -0.3 is 11.1 Å². The van der Waals surface area contributed by atoms with E-state index < -0.39 is 0 Å². The van der Waals surface area contributed by atoms with E-state index in [0.29, 0.717) is 10.7 Å². The summed E-state index contributed by atoms with van der Waals surface area (Å²) in [5.41, 5.74) is 7.57. The molecule has 0 aliphatic carbocycles. The molecule has 2 aromatic carbocycles. The van der Waals surface area contributed by atoms with Crippen LogP contribution in [0, 0.1) is 0 Å². The lowest BCUT2D eigenvalue weighted by atomic mass is 10.1. The van der Waals surface area contributed by atoms with Crippen LogP contribution in [-0.2, 0) is 0 Å². The normalized spacial score (nSPS) is 10.9. The van der Waals surface area contributed by atoms with Crippen LogP contribution in [-0.4, -0.2) is 10.3 Å². The monoisotopic (exact) mass is 385 g/mol. The summed E-state index contributed by atoms with van der Waals surface area (Å²) in [4.78, 5) is 13.4. The molecule has 7 heteroatoms. The number of carbonyl (C=O) groups excluding carboxylic acids is 1. The van der Waals surface area contributed by atoms with Gasteiger partial charge in [-0.1, -0.05) is 41.9 Å². The number of halogens is 1. The zero-order valence-electron chi connectivity index (χ0n) is 12.8. The first kappa shape index (κ1) is 16.1. The number of carbonyl (C=O) groups is 1. The summed E-state index contributed by atoms with van der Waals surface area (Å²) in [7, 11) is 0. The second kappa shape index (κ2) is 6.48. The average Bonchev–Trinajstić information content (AvgIpc) is 3.19. The quantitative estimate of drug-likeness (QED) is 0.488. The molecule has 4 rings (SSSR count). The minimum Gasteiger partial charge on any atom is -0.388 e. The lowest BCUT2D eigenvalue weighted by Crippen LogP contribution is -2.12. The topological polar surface area (TPSA) is 68.0 Å². The highest BCUT2D eigenvalue weighted by Gasteiger charge is 2.17. The molecule has 0 saturated heterocycles. The lowest BCUT2D eigenvalue weighted by molar-refractivity contribution is 0.102. The molecule has 4 aromatic rings. The fraction of sp³-hybridized carbons (Fsp3) is 0. The molecule has 0 aliphatic heterocycles. The average molecular weight is 386 g/mol. The number of thiophene rings is 1. The van der Waals surface area contributed by atoms with Gasteiger partial charge in [0.2, 0.25) is 0 Å². The molecule has 0 atom stereocenters. The highest BCUT2D eigenvalue weighted by molar-refractivity contribution is 7.22. The van der Waals surface area contributed by atoms with Crippen LogP contribution in [0.15, 0.2) is 54.6 Å². The van der Waals surface area contributed by atoms with Crippen molar-refractivity contribution in [1.82, 2.24) is 4.37 Å². The van der Waals surface area contributed by atoms with Gasteiger partial charge in [0, 0.05) is 15.3 Å². The van der Waals surface area contributed by atoms with E-state index in [1.165, 1.54) is 15.0 Å². The number of benzene rings is 2. The maximum atomic E-state index is 12.2. The standard InChI is InChI=1S/C18H12ClN3OS2/c19-15-16(22-25-17(15)20)18(23)21-12-7-5-10(6-8-12)14-9-11-3-1-2-4-13(11)24-14/h1-9H,20H2,(H,21,23). The molecule has 0 saturated carbocycles. The Morgan fingerprint density at radius 3 is 2.56 bits per heavy atom. The van der Waals surface area contributed by atoms with Crippen LogP contribution < -0.4 is 11.1 Å². The summed E-state index contributed by atoms with van der Waals surface area (Å²) >= 11 is 8.73. The van der Waals surface area contributed by atoms with Crippen LogP contribution in [0.2, 0.25) is 5.02 Å². The van der Waals surface area contributed by atoms with Crippen molar-refractivity contribution in [2.24, 2.45) is 0 Å². The van der Waals surface area contributed by atoms with Crippen molar-refractivity contribution < 1.29 is 4.79 Å². The van der Waals surface area contributed by atoms with Crippen LogP contribution >= 0.6 is 34.5 Å².